The lowest BCUT2D eigenvalue weighted by atomic mass is 10.1. The average Bonchev–Trinajstić information content (AvgIpc) is 3.68. The fourth-order valence-corrected chi connectivity index (χ4v) is 3.66. The van der Waals surface area contributed by atoms with Crippen LogP contribution in [0.15, 0.2) is 41.6 Å². The summed E-state index contributed by atoms with van der Waals surface area (Å²) in [6.07, 6.45) is 4.92. The third-order valence-electron chi connectivity index (χ3n) is 5.11. The van der Waals surface area contributed by atoms with Gasteiger partial charge in [0.2, 0.25) is 5.91 Å². The Kier molecular flexibility index (Phi) is 5.57. The number of amides is 2. The zero-order chi connectivity index (χ0) is 27.7. The van der Waals surface area contributed by atoms with Gasteiger partial charge >= 0.3 is 0 Å². The number of benzene rings is 1. The van der Waals surface area contributed by atoms with E-state index in [1.807, 2.05) is 5.32 Å². The summed E-state index contributed by atoms with van der Waals surface area (Å²) in [5.74, 6) is -0.901. The summed E-state index contributed by atoms with van der Waals surface area (Å²) in [6.45, 7) is -2.78. The van der Waals surface area contributed by atoms with E-state index in [0.717, 1.165) is 19.1 Å². The van der Waals surface area contributed by atoms with Crippen LogP contribution in [-0.4, -0.2) is 60.7 Å². The van der Waals surface area contributed by atoms with Crippen LogP contribution in [0.25, 0.3) is 11.4 Å². The van der Waals surface area contributed by atoms with Gasteiger partial charge in [0.15, 0.2) is 32.9 Å². The molecule has 0 unspecified atom stereocenters. The Morgan fingerprint density at radius 1 is 1.14 bits per heavy atom. The number of nitrogens with one attached hydrogen (secondary N) is 3. The Morgan fingerprint density at radius 3 is 2.51 bits per heavy atom. The maximum absolute atomic E-state index is 12.7. The van der Waals surface area contributed by atoms with Gasteiger partial charge in [0.05, 0.1) is 24.0 Å². The van der Waals surface area contributed by atoms with E-state index in [2.05, 4.69) is 30.8 Å². The van der Waals surface area contributed by atoms with Gasteiger partial charge in [0, 0.05) is 41.7 Å². The third-order valence-corrected chi connectivity index (χ3v) is 6.17. The lowest BCUT2D eigenvalue weighted by Crippen LogP contribution is -2.22. The molecular weight excluding hydrogens is 474 g/mol. The minimum Gasteiger partial charge on any atom is -0.494 e. The van der Waals surface area contributed by atoms with Crippen molar-refractivity contribution < 1.29 is 26.9 Å². The number of sulfone groups is 1. The topological polar surface area (TPSA) is 165 Å². The van der Waals surface area contributed by atoms with Crippen molar-refractivity contribution in [2.75, 3.05) is 31.0 Å². The number of para-hydroxylation sites is 1. The Balaban J connectivity index is 1.73. The molecule has 1 saturated carbocycles. The summed E-state index contributed by atoms with van der Waals surface area (Å²) >= 11 is 0. The Morgan fingerprint density at radius 2 is 1.89 bits per heavy atom. The number of carbonyl (C=O) groups is 2. The van der Waals surface area contributed by atoms with E-state index in [-0.39, 0.29) is 45.5 Å². The van der Waals surface area contributed by atoms with Crippen LogP contribution in [0.1, 0.15) is 27.4 Å². The minimum atomic E-state index is -3.50. The van der Waals surface area contributed by atoms with Gasteiger partial charge in [0.1, 0.15) is 4.90 Å². The van der Waals surface area contributed by atoms with Gasteiger partial charge in [-0.25, -0.2) is 18.4 Å². The van der Waals surface area contributed by atoms with E-state index >= 15 is 0 Å². The molecule has 1 fully saturated rings. The van der Waals surface area contributed by atoms with E-state index < -0.39 is 22.7 Å². The summed E-state index contributed by atoms with van der Waals surface area (Å²) in [4.78, 5) is 33.1. The maximum atomic E-state index is 12.7. The summed E-state index contributed by atoms with van der Waals surface area (Å²) in [7, 11) is -2.10. The molecule has 4 rings (SSSR count). The third kappa shape index (κ3) is 5.35. The SMILES string of the molecule is [2H]C([2H])([2H])NC(=O)c1nnc(NC(=O)C2CC2)cc1Nc1cccc(-c2ncc(S(C)(=O)=O)cn2)c1OC. The second-order valence-corrected chi connectivity index (χ2v) is 9.75. The normalized spacial score (nSPS) is 14.7. The van der Waals surface area contributed by atoms with Crippen molar-refractivity contribution in [1.82, 2.24) is 25.5 Å². The molecule has 0 bridgehead atoms. The summed E-state index contributed by atoms with van der Waals surface area (Å²) < 4.78 is 51.1. The lowest BCUT2D eigenvalue weighted by Gasteiger charge is -2.16. The largest absolute Gasteiger partial charge is 0.494 e. The van der Waals surface area contributed by atoms with Crippen molar-refractivity contribution in [3.63, 3.8) is 0 Å². The Labute approximate surface area is 205 Å². The van der Waals surface area contributed by atoms with Crippen LogP contribution in [0, 0.1) is 5.92 Å². The number of hydrogen-bond donors (Lipinski definition) is 3. The molecule has 0 spiro atoms. The van der Waals surface area contributed by atoms with Crippen LogP contribution in [0.5, 0.6) is 5.75 Å². The summed E-state index contributed by atoms with van der Waals surface area (Å²) in [5, 5.41) is 15.2. The monoisotopic (exact) mass is 500 g/mol. The highest BCUT2D eigenvalue weighted by Gasteiger charge is 2.30. The summed E-state index contributed by atoms with van der Waals surface area (Å²) in [6, 6.07) is 6.25. The predicted octanol–water partition coefficient (Wildman–Crippen LogP) is 1.80. The maximum Gasteiger partial charge on any atom is 0.273 e. The molecule has 3 N–H and O–H groups in total. The van der Waals surface area contributed by atoms with Gasteiger partial charge in [0.25, 0.3) is 5.91 Å². The first-order valence-corrected chi connectivity index (χ1v) is 12.2. The second kappa shape index (κ2) is 9.62. The number of aromatic nitrogens is 4. The van der Waals surface area contributed by atoms with Gasteiger partial charge in [-0.2, -0.15) is 0 Å². The number of nitrogens with zero attached hydrogens (tertiary/aromatic N) is 4. The molecule has 1 aliphatic rings. The molecule has 35 heavy (non-hydrogen) atoms. The van der Waals surface area contributed by atoms with Crippen LogP contribution in [0.2, 0.25) is 0 Å². The molecule has 1 aliphatic carbocycles. The van der Waals surface area contributed by atoms with Crippen molar-refractivity contribution in [1.29, 1.82) is 0 Å². The van der Waals surface area contributed by atoms with E-state index in [4.69, 9.17) is 8.85 Å². The molecule has 0 radical (unpaired) electrons. The molecule has 0 saturated heterocycles. The van der Waals surface area contributed by atoms with Gasteiger partial charge in [-0.15, -0.1) is 10.2 Å². The van der Waals surface area contributed by atoms with Crippen LogP contribution in [0.3, 0.4) is 0 Å². The van der Waals surface area contributed by atoms with Crippen molar-refractivity contribution in [3.8, 4) is 17.1 Å². The van der Waals surface area contributed by atoms with Crippen LogP contribution in [-0.2, 0) is 14.6 Å². The fraction of sp³-hybridized carbons (Fsp3) is 0.273. The number of hydrogen-bond acceptors (Lipinski definition) is 10. The highest BCUT2D eigenvalue weighted by molar-refractivity contribution is 7.90. The molecule has 2 aromatic heterocycles. The Bertz CT molecular complexity index is 1490. The quantitative estimate of drug-likeness (QED) is 0.415. The first-order chi connectivity index (χ1) is 17.9. The molecule has 3 aromatic rings. The smallest absolute Gasteiger partial charge is 0.273 e. The molecule has 13 heteroatoms. The number of methoxy groups -OCH3 is 1. The standard InChI is InChI=1S/C22H23N7O5S/c1-23-22(31)18-16(9-17(28-29-18)27-21(30)12-7-8-12)26-15-6-4-5-14(19(15)34-2)20-24-10-13(11-25-20)35(3,32)33/h4-6,9-12H,7-8H2,1-3H3,(H,23,31)(H2,26,27,28,30)/i1D3. The molecule has 0 atom stereocenters. The lowest BCUT2D eigenvalue weighted by molar-refractivity contribution is -0.117. The summed E-state index contributed by atoms with van der Waals surface area (Å²) in [5.41, 5.74) is 0.412. The van der Waals surface area contributed by atoms with E-state index in [1.165, 1.54) is 25.6 Å². The minimum absolute atomic E-state index is 0.0386. The van der Waals surface area contributed by atoms with E-state index in [1.54, 1.807) is 18.2 Å². The first-order valence-electron chi connectivity index (χ1n) is 11.8. The molecule has 12 nitrogen and oxygen atoms in total. The predicted molar refractivity (Wildman–Crippen MR) is 127 cm³/mol. The Hall–Kier alpha value is -4.13. The van der Waals surface area contributed by atoms with Crippen molar-refractivity contribution in [3.05, 3.63) is 42.4 Å². The van der Waals surface area contributed by atoms with Gasteiger partial charge in [-0.3, -0.25) is 9.59 Å². The van der Waals surface area contributed by atoms with Crippen LogP contribution >= 0.6 is 0 Å². The van der Waals surface area contributed by atoms with Crippen LogP contribution in [0.4, 0.5) is 17.2 Å². The number of ether oxygens (including phenoxy) is 1. The van der Waals surface area contributed by atoms with Gasteiger partial charge < -0.3 is 20.7 Å². The number of rotatable bonds is 8. The van der Waals surface area contributed by atoms with E-state index in [9.17, 15) is 18.0 Å². The zero-order valence-electron chi connectivity index (χ0n) is 21.7. The first kappa shape index (κ1) is 20.3. The molecular formula is C22H23N7O5S. The molecule has 2 amide bonds. The van der Waals surface area contributed by atoms with Crippen molar-refractivity contribution in [2.45, 2.75) is 17.7 Å². The fourth-order valence-electron chi connectivity index (χ4n) is 3.17. The highest BCUT2D eigenvalue weighted by atomic mass is 32.2. The zero-order valence-corrected chi connectivity index (χ0v) is 19.5. The highest BCUT2D eigenvalue weighted by Crippen LogP contribution is 2.37. The van der Waals surface area contributed by atoms with Crippen LogP contribution < -0.4 is 20.7 Å². The van der Waals surface area contributed by atoms with E-state index in [0.29, 0.717) is 11.3 Å². The second-order valence-electron chi connectivity index (χ2n) is 7.74. The molecule has 1 aromatic carbocycles. The number of carbonyl (C=O) groups excluding carboxylic acids is 2. The van der Waals surface area contributed by atoms with Crippen molar-refractivity contribution >= 4 is 38.8 Å². The van der Waals surface area contributed by atoms with Gasteiger partial charge in [-0.1, -0.05) is 6.07 Å². The molecule has 2 heterocycles. The van der Waals surface area contributed by atoms with Gasteiger partial charge in [-0.05, 0) is 25.0 Å². The number of anilines is 3. The average molecular weight is 501 g/mol. The van der Waals surface area contributed by atoms with Crippen molar-refractivity contribution in [2.24, 2.45) is 5.92 Å². The molecule has 0 aliphatic heterocycles. The molecule has 182 valence electrons.